The average Bonchev–Trinajstić information content (AvgIpc) is 2.47. The number of aliphatic hydroxyl groups is 2. The van der Waals surface area contributed by atoms with Crippen LogP contribution in [0.5, 0.6) is 0 Å². The van der Waals surface area contributed by atoms with Gasteiger partial charge in [-0.3, -0.25) is 0 Å². The summed E-state index contributed by atoms with van der Waals surface area (Å²) in [6.45, 7) is 0.719. The first-order valence-corrected chi connectivity index (χ1v) is 10.4. The Hall–Kier alpha value is 0.880. The number of hydrogen-bond donors (Lipinski definition) is 2. The molecule has 0 rings (SSSR count). The lowest BCUT2D eigenvalue weighted by Crippen LogP contribution is -1.83. The van der Waals surface area contributed by atoms with E-state index < -0.39 is 0 Å². The van der Waals surface area contributed by atoms with Crippen molar-refractivity contribution >= 4 is 31.9 Å². The zero-order valence-corrected chi connectivity index (χ0v) is 16.1. The molecule has 0 atom stereocenters. The maximum Gasteiger partial charge on any atom is 0.0431 e. The Balaban J connectivity index is 0. The fraction of sp³-hybridized carbons (Fsp3) is 1.00. The summed E-state index contributed by atoms with van der Waals surface area (Å²) >= 11 is 6.78. The van der Waals surface area contributed by atoms with Crippen molar-refractivity contribution in [3.05, 3.63) is 0 Å². The molecular formula is C16H34Br2O2. The van der Waals surface area contributed by atoms with Gasteiger partial charge in [0, 0.05) is 23.9 Å². The van der Waals surface area contributed by atoms with Crippen molar-refractivity contribution in [2.75, 3.05) is 23.9 Å². The highest BCUT2D eigenvalue weighted by Crippen LogP contribution is 2.06. The van der Waals surface area contributed by atoms with Crippen LogP contribution in [0.3, 0.4) is 0 Å². The minimum atomic E-state index is 0.360. The third-order valence-electron chi connectivity index (χ3n) is 3.08. The molecule has 0 bridgehead atoms. The van der Waals surface area contributed by atoms with Gasteiger partial charge in [0.25, 0.3) is 0 Å². The average molecular weight is 418 g/mol. The van der Waals surface area contributed by atoms with E-state index in [9.17, 15) is 0 Å². The Morgan fingerprint density at radius 1 is 0.400 bits per heavy atom. The lowest BCUT2D eigenvalue weighted by molar-refractivity contribution is 0.282. The van der Waals surface area contributed by atoms with Gasteiger partial charge < -0.3 is 10.2 Å². The highest BCUT2D eigenvalue weighted by atomic mass is 79.9. The SMILES string of the molecule is OCCCCCCCCBr.OCCCCCCCCBr. The fourth-order valence-electron chi connectivity index (χ4n) is 1.83. The van der Waals surface area contributed by atoms with Crippen LogP contribution >= 0.6 is 31.9 Å². The lowest BCUT2D eigenvalue weighted by atomic mass is 10.1. The Morgan fingerprint density at radius 2 is 0.650 bits per heavy atom. The molecule has 20 heavy (non-hydrogen) atoms. The minimum Gasteiger partial charge on any atom is -0.396 e. The highest BCUT2D eigenvalue weighted by Gasteiger charge is 1.89. The fourth-order valence-corrected chi connectivity index (χ4v) is 2.62. The van der Waals surface area contributed by atoms with Gasteiger partial charge in [-0.1, -0.05) is 83.2 Å². The van der Waals surface area contributed by atoms with Gasteiger partial charge in [0.2, 0.25) is 0 Å². The molecule has 0 spiro atoms. The van der Waals surface area contributed by atoms with Gasteiger partial charge >= 0.3 is 0 Å². The largest absolute Gasteiger partial charge is 0.396 e. The van der Waals surface area contributed by atoms with E-state index in [1.54, 1.807) is 0 Å². The van der Waals surface area contributed by atoms with Crippen LogP contribution in [0.25, 0.3) is 0 Å². The molecule has 0 saturated carbocycles. The van der Waals surface area contributed by atoms with E-state index in [2.05, 4.69) is 31.9 Å². The smallest absolute Gasteiger partial charge is 0.0431 e. The lowest BCUT2D eigenvalue weighted by Gasteiger charge is -1.97. The van der Waals surface area contributed by atoms with Crippen LogP contribution < -0.4 is 0 Å². The summed E-state index contributed by atoms with van der Waals surface area (Å²) in [5.74, 6) is 0. The molecule has 0 aliphatic carbocycles. The first kappa shape index (κ1) is 23.2. The molecule has 0 fully saturated rings. The number of unbranched alkanes of at least 4 members (excludes halogenated alkanes) is 10. The standard InChI is InChI=1S/2C8H17BrO/c2*9-7-5-3-1-2-4-6-8-10/h2*10H,1-8H2. The summed E-state index contributed by atoms with van der Waals surface area (Å²) in [5.41, 5.74) is 0. The predicted octanol–water partition coefficient (Wildman–Crippen LogP) is 5.43. The van der Waals surface area contributed by atoms with Crippen LogP contribution in [0.15, 0.2) is 0 Å². The van der Waals surface area contributed by atoms with Gasteiger partial charge in [-0.15, -0.1) is 0 Å². The summed E-state index contributed by atoms with van der Waals surface area (Å²) in [6, 6.07) is 0. The van der Waals surface area contributed by atoms with E-state index in [0.29, 0.717) is 13.2 Å². The van der Waals surface area contributed by atoms with Gasteiger partial charge in [0.1, 0.15) is 0 Å². The molecule has 0 saturated heterocycles. The molecule has 0 amide bonds. The molecule has 0 aromatic rings. The zero-order valence-electron chi connectivity index (χ0n) is 13.0. The second-order valence-corrected chi connectivity index (χ2v) is 6.65. The molecule has 0 heterocycles. The predicted molar refractivity (Wildman–Crippen MR) is 97.2 cm³/mol. The van der Waals surface area contributed by atoms with Crippen LogP contribution in [0.4, 0.5) is 0 Å². The van der Waals surface area contributed by atoms with Gasteiger partial charge in [-0.25, -0.2) is 0 Å². The summed E-state index contributed by atoms with van der Waals surface area (Å²) in [4.78, 5) is 0. The topological polar surface area (TPSA) is 40.5 Å². The van der Waals surface area contributed by atoms with Crippen molar-refractivity contribution in [2.45, 2.75) is 77.0 Å². The molecule has 0 aliphatic rings. The van der Waals surface area contributed by atoms with E-state index in [0.717, 1.165) is 23.5 Å². The summed E-state index contributed by atoms with van der Waals surface area (Å²) in [6.07, 6.45) is 14.8. The quantitative estimate of drug-likeness (QED) is 0.292. The van der Waals surface area contributed by atoms with Gasteiger partial charge in [0.15, 0.2) is 0 Å². The van der Waals surface area contributed by atoms with E-state index in [1.807, 2.05) is 0 Å². The second-order valence-electron chi connectivity index (χ2n) is 5.07. The number of hydrogen-bond acceptors (Lipinski definition) is 2. The molecule has 0 unspecified atom stereocenters. The Kier molecular flexibility index (Phi) is 28.8. The summed E-state index contributed by atoms with van der Waals surface area (Å²) in [5, 5.41) is 19.2. The third-order valence-corrected chi connectivity index (χ3v) is 4.20. The molecule has 0 aromatic carbocycles. The van der Waals surface area contributed by atoms with Crippen molar-refractivity contribution in [1.82, 2.24) is 0 Å². The molecule has 2 N–H and O–H groups in total. The first-order valence-electron chi connectivity index (χ1n) is 8.17. The molecular weight excluding hydrogens is 384 g/mol. The van der Waals surface area contributed by atoms with Crippen LogP contribution in [0.1, 0.15) is 77.0 Å². The van der Waals surface area contributed by atoms with Crippen LogP contribution in [0.2, 0.25) is 0 Å². The van der Waals surface area contributed by atoms with Crippen molar-refractivity contribution in [3.63, 3.8) is 0 Å². The molecule has 2 nitrogen and oxygen atoms in total. The number of alkyl halides is 2. The number of halogens is 2. The monoisotopic (exact) mass is 416 g/mol. The Labute approximate surface area is 143 Å². The van der Waals surface area contributed by atoms with Crippen molar-refractivity contribution in [2.24, 2.45) is 0 Å². The summed E-state index contributed by atoms with van der Waals surface area (Å²) < 4.78 is 0. The van der Waals surface area contributed by atoms with E-state index in [1.165, 1.54) is 64.2 Å². The van der Waals surface area contributed by atoms with Crippen molar-refractivity contribution in [1.29, 1.82) is 0 Å². The third kappa shape index (κ3) is 27.3. The maximum atomic E-state index is 8.46. The normalized spacial score (nSPS) is 10.2. The molecule has 0 radical (unpaired) electrons. The molecule has 124 valence electrons. The first-order chi connectivity index (χ1) is 9.83. The van der Waals surface area contributed by atoms with Crippen LogP contribution in [-0.4, -0.2) is 34.1 Å². The molecule has 4 heteroatoms. The van der Waals surface area contributed by atoms with E-state index >= 15 is 0 Å². The van der Waals surface area contributed by atoms with E-state index in [4.69, 9.17) is 10.2 Å². The number of rotatable bonds is 14. The van der Waals surface area contributed by atoms with Crippen LogP contribution in [0, 0.1) is 0 Å². The van der Waals surface area contributed by atoms with Crippen molar-refractivity contribution < 1.29 is 10.2 Å². The van der Waals surface area contributed by atoms with Crippen molar-refractivity contribution in [3.8, 4) is 0 Å². The van der Waals surface area contributed by atoms with Gasteiger partial charge in [-0.05, 0) is 25.7 Å². The highest BCUT2D eigenvalue weighted by molar-refractivity contribution is 9.09. The zero-order chi connectivity index (χ0) is 15.3. The Morgan fingerprint density at radius 3 is 0.900 bits per heavy atom. The summed E-state index contributed by atoms with van der Waals surface area (Å²) in [7, 11) is 0. The molecule has 0 aromatic heterocycles. The second kappa shape index (κ2) is 24.9. The number of aliphatic hydroxyl groups excluding tert-OH is 2. The maximum absolute atomic E-state index is 8.46. The van der Waals surface area contributed by atoms with Gasteiger partial charge in [-0.2, -0.15) is 0 Å². The van der Waals surface area contributed by atoms with Crippen LogP contribution in [-0.2, 0) is 0 Å². The Bertz CT molecular complexity index is 114. The molecule has 0 aliphatic heterocycles. The van der Waals surface area contributed by atoms with Gasteiger partial charge in [0.05, 0.1) is 0 Å². The van der Waals surface area contributed by atoms with E-state index in [-0.39, 0.29) is 0 Å². The minimum absolute atomic E-state index is 0.360.